The van der Waals surface area contributed by atoms with Gasteiger partial charge >= 0.3 is 0 Å². The number of aromatic nitrogens is 2. The number of anilines is 1. The van der Waals surface area contributed by atoms with Crippen LogP contribution in [0.15, 0.2) is 30.6 Å². The molecular formula is C23H25ClN6O3. The zero-order valence-electron chi connectivity index (χ0n) is 18.1. The van der Waals surface area contributed by atoms with E-state index in [1.54, 1.807) is 11.1 Å². The molecule has 5 rings (SSSR count). The van der Waals surface area contributed by atoms with Crippen molar-refractivity contribution in [2.45, 2.75) is 50.9 Å². The number of carbonyl (C=O) groups excluding carboxylic acids is 3. The van der Waals surface area contributed by atoms with Gasteiger partial charge in [-0.1, -0.05) is 29.8 Å². The SMILES string of the molecule is O=C1CCC(N2Cc3cccc(CN(c4cncc(Cl)n4)C4CCCNC4)c3C2=O)C(=O)N1. The van der Waals surface area contributed by atoms with Crippen LogP contribution in [-0.4, -0.2) is 57.8 Å². The van der Waals surface area contributed by atoms with Crippen molar-refractivity contribution in [3.05, 3.63) is 52.4 Å². The van der Waals surface area contributed by atoms with E-state index in [1.807, 2.05) is 18.2 Å². The van der Waals surface area contributed by atoms with Gasteiger partial charge in [-0.3, -0.25) is 24.7 Å². The maximum atomic E-state index is 13.5. The topological polar surface area (TPSA) is 108 Å². The van der Waals surface area contributed by atoms with Gasteiger partial charge in [0.15, 0.2) is 0 Å². The first-order valence-electron chi connectivity index (χ1n) is 11.2. The smallest absolute Gasteiger partial charge is 0.255 e. The van der Waals surface area contributed by atoms with Crippen molar-refractivity contribution < 1.29 is 14.4 Å². The molecule has 2 saturated heterocycles. The van der Waals surface area contributed by atoms with E-state index in [4.69, 9.17) is 11.6 Å². The van der Waals surface area contributed by atoms with E-state index in [-0.39, 0.29) is 24.3 Å². The Kier molecular flexibility index (Phi) is 5.99. The van der Waals surface area contributed by atoms with E-state index in [9.17, 15) is 14.4 Å². The molecule has 2 N–H and O–H groups in total. The van der Waals surface area contributed by atoms with Crippen LogP contribution in [-0.2, 0) is 22.7 Å². The molecule has 0 aliphatic carbocycles. The molecule has 0 bridgehead atoms. The average Bonchev–Trinajstić information content (AvgIpc) is 3.15. The molecule has 3 aliphatic rings. The average molecular weight is 469 g/mol. The summed E-state index contributed by atoms with van der Waals surface area (Å²) in [6.07, 6.45) is 5.82. The minimum Gasteiger partial charge on any atom is -0.347 e. The molecule has 1 aromatic heterocycles. The number of benzene rings is 1. The van der Waals surface area contributed by atoms with Gasteiger partial charge in [0.05, 0.1) is 12.4 Å². The van der Waals surface area contributed by atoms with Crippen LogP contribution in [0.2, 0.25) is 5.15 Å². The van der Waals surface area contributed by atoms with Crippen LogP contribution in [0.25, 0.3) is 0 Å². The Balaban J connectivity index is 1.45. The molecule has 1 aromatic carbocycles. The van der Waals surface area contributed by atoms with Crippen molar-refractivity contribution in [3.8, 4) is 0 Å². The summed E-state index contributed by atoms with van der Waals surface area (Å²) in [4.78, 5) is 49.9. The van der Waals surface area contributed by atoms with E-state index in [0.717, 1.165) is 37.1 Å². The number of imide groups is 1. The summed E-state index contributed by atoms with van der Waals surface area (Å²) in [6.45, 7) is 2.61. The van der Waals surface area contributed by atoms with Gasteiger partial charge in [0.25, 0.3) is 5.91 Å². The van der Waals surface area contributed by atoms with Crippen LogP contribution in [0.1, 0.15) is 47.2 Å². The number of piperidine rings is 2. The molecule has 3 amide bonds. The van der Waals surface area contributed by atoms with Gasteiger partial charge in [0, 0.05) is 37.7 Å². The highest BCUT2D eigenvalue weighted by atomic mass is 35.5. The standard InChI is InChI=1S/C23H25ClN6O3/c24-18-10-26-11-19(27-18)29(16-5-2-8-25-9-16)12-14-3-1-4-15-13-30(23(33)21(14)15)17-6-7-20(31)28-22(17)32/h1,3-4,10-11,16-17,25H,2,5-9,12-13H2,(H,28,31,32). The fourth-order valence-corrected chi connectivity index (χ4v) is 5.12. The number of hydrogen-bond acceptors (Lipinski definition) is 7. The monoisotopic (exact) mass is 468 g/mol. The van der Waals surface area contributed by atoms with Crippen LogP contribution in [0, 0.1) is 0 Å². The second-order valence-corrected chi connectivity index (χ2v) is 9.07. The number of nitrogens with one attached hydrogen (secondary N) is 2. The van der Waals surface area contributed by atoms with Crippen LogP contribution in [0.5, 0.6) is 0 Å². The zero-order valence-corrected chi connectivity index (χ0v) is 18.8. The number of nitrogens with zero attached hydrogens (tertiary/aromatic N) is 4. The largest absolute Gasteiger partial charge is 0.347 e. The van der Waals surface area contributed by atoms with E-state index < -0.39 is 11.9 Å². The molecule has 0 spiro atoms. The maximum Gasteiger partial charge on any atom is 0.255 e. The van der Waals surface area contributed by atoms with E-state index in [1.165, 1.54) is 6.20 Å². The molecule has 172 valence electrons. The number of halogens is 1. The van der Waals surface area contributed by atoms with Crippen LogP contribution >= 0.6 is 11.6 Å². The predicted octanol–water partition coefficient (Wildman–Crippen LogP) is 1.65. The Labute approximate surface area is 196 Å². The number of hydrogen-bond donors (Lipinski definition) is 2. The summed E-state index contributed by atoms with van der Waals surface area (Å²) in [7, 11) is 0. The molecule has 3 aliphatic heterocycles. The minimum absolute atomic E-state index is 0.172. The van der Waals surface area contributed by atoms with Gasteiger partial charge in [-0.2, -0.15) is 0 Å². The van der Waals surface area contributed by atoms with Crippen molar-refractivity contribution in [2.75, 3.05) is 18.0 Å². The van der Waals surface area contributed by atoms with E-state index >= 15 is 0 Å². The maximum absolute atomic E-state index is 13.5. The summed E-state index contributed by atoms with van der Waals surface area (Å²) in [5, 5.41) is 6.11. The Morgan fingerprint density at radius 1 is 1.18 bits per heavy atom. The van der Waals surface area contributed by atoms with Crippen molar-refractivity contribution in [3.63, 3.8) is 0 Å². The number of fused-ring (bicyclic) bond motifs is 1. The number of rotatable bonds is 5. The number of carbonyl (C=O) groups is 3. The molecule has 9 nitrogen and oxygen atoms in total. The molecule has 2 fully saturated rings. The van der Waals surface area contributed by atoms with Gasteiger partial charge in [-0.05, 0) is 36.9 Å². The lowest BCUT2D eigenvalue weighted by Crippen LogP contribution is -2.52. The summed E-state index contributed by atoms with van der Waals surface area (Å²) >= 11 is 6.14. The number of amides is 3. The lowest BCUT2D eigenvalue weighted by atomic mass is 10.00. The molecule has 33 heavy (non-hydrogen) atoms. The zero-order chi connectivity index (χ0) is 22.9. The molecule has 2 atom stereocenters. The van der Waals surface area contributed by atoms with Crippen molar-refractivity contribution in [1.82, 2.24) is 25.5 Å². The van der Waals surface area contributed by atoms with Crippen molar-refractivity contribution >= 4 is 35.1 Å². The molecule has 2 unspecified atom stereocenters. The van der Waals surface area contributed by atoms with Gasteiger partial charge in [0.1, 0.15) is 17.0 Å². The summed E-state index contributed by atoms with van der Waals surface area (Å²) in [5.74, 6) is -0.200. The minimum atomic E-state index is -0.632. The fraction of sp³-hybridized carbons (Fsp3) is 0.435. The third kappa shape index (κ3) is 4.30. The third-order valence-electron chi connectivity index (χ3n) is 6.58. The molecule has 4 heterocycles. The second kappa shape index (κ2) is 9.07. The van der Waals surface area contributed by atoms with Gasteiger partial charge < -0.3 is 15.1 Å². The van der Waals surface area contributed by atoms with E-state index in [0.29, 0.717) is 36.0 Å². The molecule has 10 heteroatoms. The fourth-order valence-electron chi connectivity index (χ4n) is 4.97. The van der Waals surface area contributed by atoms with Crippen LogP contribution < -0.4 is 15.5 Å². The lowest BCUT2D eigenvalue weighted by molar-refractivity contribution is -0.136. The molecular weight excluding hydrogens is 444 g/mol. The molecule has 2 aromatic rings. The Bertz CT molecular complexity index is 1100. The highest BCUT2D eigenvalue weighted by Gasteiger charge is 2.40. The third-order valence-corrected chi connectivity index (χ3v) is 6.76. The highest BCUT2D eigenvalue weighted by molar-refractivity contribution is 6.29. The summed E-state index contributed by atoms with van der Waals surface area (Å²) in [5.41, 5.74) is 2.40. The molecule has 0 saturated carbocycles. The van der Waals surface area contributed by atoms with Gasteiger partial charge in [-0.25, -0.2) is 4.98 Å². The lowest BCUT2D eigenvalue weighted by Gasteiger charge is -2.36. The molecule has 0 radical (unpaired) electrons. The predicted molar refractivity (Wildman–Crippen MR) is 122 cm³/mol. The first kappa shape index (κ1) is 21.8. The highest BCUT2D eigenvalue weighted by Crippen LogP contribution is 2.32. The van der Waals surface area contributed by atoms with Crippen LogP contribution in [0.3, 0.4) is 0 Å². The van der Waals surface area contributed by atoms with Gasteiger partial charge in [0.2, 0.25) is 11.8 Å². The quantitative estimate of drug-likeness (QED) is 0.642. The first-order chi connectivity index (χ1) is 16.0. The summed E-state index contributed by atoms with van der Waals surface area (Å²) in [6, 6.07) is 5.37. The summed E-state index contributed by atoms with van der Waals surface area (Å²) < 4.78 is 0. The Morgan fingerprint density at radius 3 is 2.82 bits per heavy atom. The van der Waals surface area contributed by atoms with E-state index in [2.05, 4.69) is 25.5 Å². The van der Waals surface area contributed by atoms with Gasteiger partial charge in [-0.15, -0.1) is 0 Å². The van der Waals surface area contributed by atoms with Crippen molar-refractivity contribution in [1.29, 1.82) is 0 Å². The van der Waals surface area contributed by atoms with Crippen LogP contribution in [0.4, 0.5) is 5.82 Å². The second-order valence-electron chi connectivity index (χ2n) is 8.68. The first-order valence-corrected chi connectivity index (χ1v) is 11.6. The normalized spacial score (nSPS) is 22.8. The Hall–Kier alpha value is -3.04. The Morgan fingerprint density at radius 2 is 2.06 bits per heavy atom. The van der Waals surface area contributed by atoms with Crippen molar-refractivity contribution in [2.24, 2.45) is 0 Å².